The van der Waals surface area contributed by atoms with Crippen LogP contribution >= 0.6 is 0 Å². The number of aliphatic hydroxyl groups is 1. The van der Waals surface area contributed by atoms with Crippen molar-refractivity contribution >= 4 is 5.97 Å². The van der Waals surface area contributed by atoms with Crippen molar-refractivity contribution in [2.75, 3.05) is 0 Å². The first-order valence-electron chi connectivity index (χ1n) is 11.9. The molecule has 3 nitrogen and oxygen atoms in total. The molecule has 0 aliphatic rings. The normalized spacial score (nSPS) is 23.1. The second-order valence-corrected chi connectivity index (χ2v) is 4.82. The van der Waals surface area contributed by atoms with Gasteiger partial charge in [-0.1, -0.05) is 68.2 Å². The zero-order chi connectivity index (χ0) is 24.2. The molecule has 0 aromatic rings. The molecular weight excluding hydrogens is 288 g/mol. The number of hydrogen-bond acceptors (Lipinski definition) is 2. The van der Waals surface area contributed by atoms with Gasteiger partial charge < -0.3 is 10.2 Å². The Morgan fingerprint density at radius 2 is 1.87 bits per heavy atom. The van der Waals surface area contributed by atoms with Crippen LogP contribution in [0, 0.1) is 0 Å². The lowest BCUT2D eigenvalue weighted by atomic mass is 10.1. The topological polar surface area (TPSA) is 57.5 Å². The summed E-state index contributed by atoms with van der Waals surface area (Å²) in [6, 6.07) is -2.27. The average Bonchev–Trinajstić information content (AvgIpc) is 2.66. The fourth-order valence-corrected chi connectivity index (χ4v) is 1.49. The van der Waals surface area contributed by atoms with E-state index in [-0.39, 0.29) is 49.9 Å². The maximum Gasteiger partial charge on any atom is 0.303 e. The molecule has 0 unspecified atom stereocenters. The molecule has 130 valence electrons. The number of carboxylic acid groups (broad SMARTS) is 1. The number of hydrogen-bond donors (Lipinski definition) is 2. The molecule has 0 amide bonds. The molecule has 0 saturated carbocycles. The van der Waals surface area contributed by atoms with Crippen LogP contribution < -0.4 is 0 Å². The van der Waals surface area contributed by atoms with E-state index in [2.05, 4.69) is 0 Å². The zero-order valence-corrected chi connectivity index (χ0v) is 13.7. The van der Waals surface area contributed by atoms with E-state index >= 15 is 0 Å². The van der Waals surface area contributed by atoms with Crippen molar-refractivity contribution in [1.29, 1.82) is 0 Å². The maximum atomic E-state index is 10.5. The number of rotatable bonds is 14. The summed E-state index contributed by atoms with van der Waals surface area (Å²) in [5, 5.41) is 18.8. The van der Waals surface area contributed by atoms with Crippen molar-refractivity contribution in [3.63, 3.8) is 0 Å². The smallest absolute Gasteiger partial charge is 0.303 e. The van der Waals surface area contributed by atoms with E-state index in [1.54, 1.807) is 0 Å². The van der Waals surface area contributed by atoms with Crippen molar-refractivity contribution in [3.8, 4) is 0 Å². The molecule has 2 N–H and O–H groups in total. The van der Waals surface area contributed by atoms with Gasteiger partial charge in [-0.25, -0.2) is 0 Å². The molecule has 0 rings (SSSR count). The number of allylic oxidation sites excluding steroid dienone is 6. The van der Waals surface area contributed by atoms with Crippen molar-refractivity contribution < 1.29 is 26.0 Å². The van der Waals surface area contributed by atoms with Crippen LogP contribution in [-0.4, -0.2) is 22.3 Å². The largest absolute Gasteiger partial charge is 0.481 e. The Balaban J connectivity index is 5.24. The standard InChI is InChI=1S/C20H32O3/c1-2-3-4-5-10-13-16-19(21)17-14-11-8-6-7-9-12-15-18-20(22)23/h7-11,13-14,17,19,21H,2-6,12,15-16,18H2,1H3,(H,22,23)/b9-7-,11-8-,13-10-,17-14+/t19-/m0/s1/i7T,8T,9T,10T,11T,13T,17T,19T. The van der Waals surface area contributed by atoms with Crippen molar-refractivity contribution in [3.05, 3.63) is 48.4 Å². The summed E-state index contributed by atoms with van der Waals surface area (Å²) in [6.45, 7) is 2.00. The summed E-state index contributed by atoms with van der Waals surface area (Å²) in [5.41, 5.74) is 0. The SMILES string of the molecule is [3H]C(/C=C(\[3H])[C@@]([3H])(O)C/C([3H])=C(/[3H])CCCCC)=C(\[3H])C/C([3H])=C(/[3H])CCCC(=O)O. The Bertz CT molecular complexity index is 739. The molecule has 0 aliphatic heterocycles. The highest BCUT2D eigenvalue weighted by molar-refractivity contribution is 5.66. The van der Waals surface area contributed by atoms with Crippen molar-refractivity contribution in [1.82, 2.24) is 0 Å². The van der Waals surface area contributed by atoms with E-state index in [1.807, 2.05) is 6.92 Å². The summed E-state index contributed by atoms with van der Waals surface area (Å²) < 4.78 is 62.7. The molecule has 0 bridgehead atoms. The van der Waals surface area contributed by atoms with Gasteiger partial charge in [0.15, 0.2) is 0 Å². The number of unbranched alkanes of at least 4 members (excludes halogenated alkanes) is 2. The van der Waals surface area contributed by atoms with Gasteiger partial charge in [0.1, 0.15) is 0 Å². The molecule has 0 heterocycles. The summed E-state index contributed by atoms with van der Waals surface area (Å²) in [5.74, 6) is -1.01. The Morgan fingerprint density at radius 3 is 2.61 bits per heavy atom. The third-order valence-electron chi connectivity index (χ3n) is 2.69. The van der Waals surface area contributed by atoms with E-state index in [0.717, 1.165) is 25.3 Å². The van der Waals surface area contributed by atoms with Crippen LogP contribution in [0.25, 0.3) is 0 Å². The number of carbonyl (C=O) groups is 1. The number of carboxylic acids is 1. The quantitative estimate of drug-likeness (QED) is 0.261. The highest BCUT2D eigenvalue weighted by Crippen LogP contribution is 2.02. The van der Waals surface area contributed by atoms with Gasteiger partial charge in [-0.2, -0.15) is 0 Å². The highest BCUT2D eigenvalue weighted by Gasteiger charge is 1.93. The molecule has 0 spiro atoms. The molecule has 23 heavy (non-hydrogen) atoms. The van der Waals surface area contributed by atoms with Crippen LogP contribution in [0.2, 0.25) is 0 Å². The Hall–Kier alpha value is -1.61. The second kappa shape index (κ2) is 16.8. The Labute approximate surface area is 152 Å². The van der Waals surface area contributed by atoms with Crippen molar-refractivity contribution in [2.24, 2.45) is 0 Å². The molecular formula is C20H32O3. The summed E-state index contributed by atoms with van der Waals surface area (Å²) in [7, 11) is 0. The summed E-state index contributed by atoms with van der Waals surface area (Å²) >= 11 is 0. The lowest BCUT2D eigenvalue weighted by Crippen LogP contribution is -1.98. The minimum Gasteiger partial charge on any atom is -0.481 e. The highest BCUT2D eigenvalue weighted by atomic mass is 16.4. The van der Waals surface area contributed by atoms with E-state index in [0.29, 0.717) is 6.42 Å². The molecule has 0 radical (unpaired) electrons. The van der Waals surface area contributed by atoms with Gasteiger partial charge in [0.25, 0.3) is 0 Å². The molecule has 0 saturated heterocycles. The van der Waals surface area contributed by atoms with Crippen molar-refractivity contribution in [2.45, 2.75) is 70.8 Å². The predicted molar refractivity (Wildman–Crippen MR) is 97.4 cm³/mol. The fourth-order valence-electron chi connectivity index (χ4n) is 1.49. The third-order valence-corrected chi connectivity index (χ3v) is 2.69. The van der Waals surface area contributed by atoms with Gasteiger partial charge in [-0.3, -0.25) is 4.79 Å². The Morgan fingerprint density at radius 1 is 1.13 bits per heavy atom. The van der Waals surface area contributed by atoms with E-state index in [9.17, 15) is 9.90 Å². The first kappa shape index (κ1) is 11.0. The van der Waals surface area contributed by atoms with Gasteiger partial charge in [-0.05, 0) is 38.5 Å². The van der Waals surface area contributed by atoms with E-state index < -0.39 is 36.6 Å². The van der Waals surface area contributed by atoms with Gasteiger partial charge in [-0.15, -0.1) is 0 Å². The van der Waals surface area contributed by atoms with Gasteiger partial charge in [0.2, 0.25) is 0 Å². The first-order chi connectivity index (χ1) is 14.3. The van der Waals surface area contributed by atoms with Gasteiger partial charge >= 0.3 is 5.97 Å². The van der Waals surface area contributed by atoms with Crippen LogP contribution in [0.3, 0.4) is 0 Å². The summed E-state index contributed by atoms with van der Waals surface area (Å²) in [6.07, 6.45) is 0.334. The third kappa shape index (κ3) is 18.3. The van der Waals surface area contributed by atoms with E-state index in [1.165, 1.54) is 0 Å². The molecule has 3 heteroatoms. The van der Waals surface area contributed by atoms with Crippen LogP contribution in [0.15, 0.2) is 48.4 Å². The molecule has 0 fully saturated rings. The lowest BCUT2D eigenvalue weighted by molar-refractivity contribution is -0.137. The van der Waals surface area contributed by atoms with Crippen LogP contribution in [0.1, 0.15) is 75.7 Å². The molecule has 0 aromatic heterocycles. The Kier molecular flexibility index (Phi) is 8.04. The minimum atomic E-state index is -2.53. The monoisotopic (exact) mass is 336 g/mol. The molecule has 0 aromatic carbocycles. The first-order valence-corrected chi connectivity index (χ1v) is 7.91. The minimum absolute atomic E-state index is 0.00963. The van der Waals surface area contributed by atoms with Crippen LogP contribution in [-0.2, 0) is 4.79 Å². The zero-order valence-electron chi connectivity index (χ0n) is 21.7. The molecule has 0 aliphatic carbocycles. The summed E-state index contributed by atoms with van der Waals surface area (Å²) in [4.78, 5) is 10.5. The van der Waals surface area contributed by atoms with Gasteiger partial charge in [0, 0.05) is 6.42 Å². The van der Waals surface area contributed by atoms with Crippen LogP contribution in [0.4, 0.5) is 0 Å². The van der Waals surface area contributed by atoms with Crippen LogP contribution in [0.5, 0.6) is 0 Å². The second-order valence-electron chi connectivity index (χ2n) is 4.82. The lowest BCUT2D eigenvalue weighted by Gasteiger charge is -1.99. The number of aliphatic carboxylic acids is 1. The molecule has 1 atom stereocenters. The maximum absolute atomic E-state index is 10.5. The average molecular weight is 337 g/mol. The predicted octanol–water partition coefficient (Wildman–Crippen LogP) is 5.19. The fraction of sp³-hybridized carbons (Fsp3) is 0.550. The van der Waals surface area contributed by atoms with E-state index in [4.69, 9.17) is 16.1 Å². The van der Waals surface area contributed by atoms with Gasteiger partial charge in [0.05, 0.1) is 17.0 Å².